The van der Waals surface area contributed by atoms with Crippen LogP contribution in [0.2, 0.25) is 0 Å². The quantitative estimate of drug-likeness (QED) is 0.812. The highest BCUT2D eigenvalue weighted by Gasteiger charge is 2.39. The Bertz CT molecular complexity index is 448. The molecule has 0 spiro atoms. The first kappa shape index (κ1) is 16.3. The molecule has 0 saturated heterocycles. The number of hydrogen-bond donors (Lipinski definition) is 2. The standard InChI is InChI=1S/C15H21F3N2O/c16-15(17,18)10-20(13-6-7-13)9-8-14(19,11-21)12-4-2-1-3-5-12/h1-5,13,21H,6-11,19H2. The largest absolute Gasteiger partial charge is 0.401 e. The van der Waals surface area contributed by atoms with Crippen molar-refractivity contribution in [3.63, 3.8) is 0 Å². The third kappa shape index (κ3) is 4.69. The third-order valence-electron chi connectivity index (χ3n) is 3.92. The Hall–Kier alpha value is -1.11. The second kappa shape index (κ2) is 6.34. The summed E-state index contributed by atoms with van der Waals surface area (Å²) in [5.41, 5.74) is 5.94. The van der Waals surface area contributed by atoms with E-state index in [1.54, 1.807) is 24.3 Å². The molecule has 0 aromatic heterocycles. The van der Waals surface area contributed by atoms with E-state index in [0.717, 1.165) is 18.4 Å². The molecule has 1 atom stereocenters. The molecule has 1 aliphatic rings. The van der Waals surface area contributed by atoms with Crippen LogP contribution < -0.4 is 5.73 Å². The van der Waals surface area contributed by atoms with Crippen molar-refractivity contribution in [3.8, 4) is 0 Å². The molecule has 1 saturated carbocycles. The zero-order valence-electron chi connectivity index (χ0n) is 11.8. The van der Waals surface area contributed by atoms with Crippen LogP contribution in [0.1, 0.15) is 24.8 Å². The van der Waals surface area contributed by atoms with Crippen molar-refractivity contribution in [1.82, 2.24) is 4.90 Å². The average molecular weight is 302 g/mol. The Morgan fingerprint density at radius 1 is 1.19 bits per heavy atom. The van der Waals surface area contributed by atoms with Gasteiger partial charge >= 0.3 is 6.18 Å². The van der Waals surface area contributed by atoms with Crippen LogP contribution in [0.4, 0.5) is 13.2 Å². The molecular weight excluding hydrogens is 281 g/mol. The highest BCUT2D eigenvalue weighted by Crippen LogP contribution is 2.32. The highest BCUT2D eigenvalue weighted by atomic mass is 19.4. The molecule has 6 heteroatoms. The summed E-state index contributed by atoms with van der Waals surface area (Å²) in [5.74, 6) is 0. The first-order valence-electron chi connectivity index (χ1n) is 7.10. The van der Waals surface area contributed by atoms with E-state index in [-0.39, 0.29) is 19.2 Å². The van der Waals surface area contributed by atoms with Gasteiger partial charge in [0.25, 0.3) is 0 Å². The lowest BCUT2D eigenvalue weighted by Gasteiger charge is -2.32. The summed E-state index contributed by atoms with van der Waals surface area (Å²) in [4.78, 5) is 1.43. The number of aliphatic hydroxyl groups excluding tert-OH is 1. The molecule has 0 amide bonds. The number of hydrogen-bond acceptors (Lipinski definition) is 3. The van der Waals surface area contributed by atoms with E-state index >= 15 is 0 Å². The van der Waals surface area contributed by atoms with E-state index in [1.165, 1.54) is 4.90 Å². The first-order valence-corrected chi connectivity index (χ1v) is 7.10. The van der Waals surface area contributed by atoms with Crippen LogP contribution in [0.5, 0.6) is 0 Å². The molecule has 0 radical (unpaired) electrons. The Kier molecular flexibility index (Phi) is 4.91. The number of rotatable bonds is 7. The van der Waals surface area contributed by atoms with E-state index in [0.29, 0.717) is 6.42 Å². The fraction of sp³-hybridized carbons (Fsp3) is 0.600. The molecule has 1 aromatic rings. The van der Waals surface area contributed by atoms with Crippen molar-refractivity contribution in [1.29, 1.82) is 0 Å². The summed E-state index contributed by atoms with van der Waals surface area (Å²) in [7, 11) is 0. The van der Waals surface area contributed by atoms with Crippen LogP contribution >= 0.6 is 0 Å². The fourth-order valence-corrected chi connectivity index (χ4v) is 2.49. The number of aliphatic hydroxyl groups is 1. The summed E-state index contributed by atoms with van der Waals surface area (Å²) >= 11 is 0. The molecule has 3 N–H and O–H groups in total. The van der Waals surface area contributed by atoms with Crippen LogP contribution in [0, 0.1) is 0 Å². The smallest absolute Gasteiger partial charge is 0.394 e. The van der Waals surface area contributed by atoms with E-state index in [2.05, 4.69) is 0 Å². The van der Waals surface area contributed by atoms with Gasteiger partial charge in [0.15, 0.2) is 0 Å². The van der Waals surface area contributed by atoms with Gasteiger partial charge in [0.1, 0.15) is 0 Å². The molecule has 3 nitrogen and oxygen atoms in total. The lowest BCUT2D eigenvalue weighted by molar-refractivity contribution is -0.147. The number of alkyl halides is 3. The second-order valence-electron chi connectivity index (χ2n) is 5.75. The van der Waals surface area contributed by atoms with Crippen molar-refractivity contribution >= 4 is 0 Å². The van der Waals surface area contributed by atoms with Crippen molar-refractivity contribution in [3.05, 3.63) is 35.9 Å². The van der Waals surface area contributed by atoms with Crippen molar-refractivity contribution in [2.24, 2.45) is 5.73 Å². The minimum Gasteiger partial charge on any atom is -0.394 e. The zero-order chi connectivity index (χ0) is 15.5. The van der Waals surface area contributed by atoms with E-state index < -0.39 is 18.3 Å². The monoisotopic (exact) mass is 302 g/mol. The van der Waals surface area contributed by atoms with Crippen molar-refractivity contribution < 1.29 is 18.3 Å². The molecule has 21 heavy (non-hydrogen) atoms. The van der Waals surface area contributed by atoms with Crippen molar-refractivity contribution in [2.75, 3.05) is 19.7 Å². The maximum absolute atomic E-state index is 12.6. The second-order valence-corrected chi connectivity index (χ2v) is 5.75. The van der Waals surface area contributed by atoms with Gasteiger partial charge in [-0.05, 0) is 24.8 Å². The lowest BCUT2D eigenvalue weighted by Crippen LogP contribution is -2.45. The Morgan fingerprint density at radius 3 is 2.29 bits per heavy atom. The molecule has 0 bridgehead atoms. The number of nitrogens with zero attached hydrogens (tertiary/aromatic N) is 1. The lowest BCUT2D eigenvalue weighted by atomic mass is 9.88. The highest BCUT2D eigenvalue weighted by molar-refractivity contribution is 5.24. The Labute approximate surface area is 122 Å². The Morgan fingerprint density at radius 2 is 1.81 bits per heavy atom. The van der Waals surface area contributed by atoms with E-state index in [4.69, 9.17) is 5.73 Å². The molecular formula is C15H21F3N2O. The maximum atomic E-state index is 12.6. The summed E-state index contributed by atoms with van der Waals surface area (Å²) < 4.78 is 37.8. The van der Waals surface area contributed by atoms with Gasteiger partial charge in [-0.15, -0.1) is 0 Å². The van der Waals surface area contributed by atoms with Gasteiger partial charge in [-0.25, -0.2) is 0 Å². The normalized spacial score (nSPS) is 18.8. The third-order valence-corrected chi connectivity index (χ3v) is 3.92. The predicted octanol–water partition coefficient (Wildman–Crippen LogP) is 2.25. The zero-order valence-corrected chi connectivity index (χ0v) is 11.8. The molecule has 2 rings (SSSR count). The van der Waals surface area contributed by atoms with Crippen LogP contribution in [-0.4, -0.2) is 41.9 Å². The minimum atomic E-state index is -4.20. The van der Waals surface area contributed by atoms with Gasteiger partial charge in [0.2, 0.25) is 0 Å². The van der Waals surface area contributed by atoms with Crippen LogP contribution in [0.15, 0.2) is 30.3 Å². The average Bonchev–Trinajstić information content (AvgIpc) is 3.27. The van der Waals surface area contributed by atoms with Gasteiger partial charge in [-0.1, -0.05) is 30.3 Å². The first-order chi connectivity index (χ1) is 9.84. The Balaban J connectivity index is 2.01. The van der Waals surface area contributed by atoms with Gasteiger partial charge < -0.3 is 10.8 Å². The topological polar surface area (TPSA) is 49.5 Å². The molecule has 1 fully saturated rings. The number of nitrogens with two attached hydrogens (primary N) is 1. The van der Waals surface area contributed by atoms with E-state index in [1.807, 2.05) is 6.07 Å². The summed E-state index contributed by atoms with van der Waals surface area (Å²) in [6.07, 6.45) is -2.30. The molecule has 1 aromatic carbocycles. The number of benzene rings is 1. The van der Waals surface area contributed by atoms with Crippen LogP contribution in [0.25, 0.3) is 0 Å². The number of halogens is 3. The van der Waals surface area contributed by atoms with Gasteiger partial charge in [-0.3, -0.25) is 4.90 Å². The predicted molar refractivity (Wildman–Crippen MR) is 74.7 cm³/mol. The SMILES string of the molecule is NC(CO)(CCN(CC(F)(F)F)C1CC1)c1ccccc1. The maximum Gasteiger partial charge on any atom is 0.401 e. The molecule has 1 unspecified atom stereocenters. The van der Waals surface area contributed by atoms with Crippen molar-refractivity contribution in [2.45, 2.75) is 37.0 Å². The van der Waals surface area contributed by atoms with Crippen LogP contribution in [0.3, 0.4) is 0 Å². The van der Waals surface area contributed by atoms with E-state index in [9.17, 15) is 18.3 Å². The summed E-state index contributed by atoms with van der Waals surface area (Å²) in [6, 6.07) is 9.04. The molecule has 0 aliphatic heterocycles. The summed E-state index contributed by atoms with van der Waals surface area (Å²) in [6.45, 7) is -0.967. The summed E-state index contributed by atoms with van der Waals surface area (Å²) in [5, 5.41) is 9.57. The van der Waals surface area contributed by atoms with Gasteiger partial charge in [0, 0.05) is 12.6 Å². The molecule has 1 aliphatic carbocycles. The van der Waals surface area contributed by atoms with Gasteiger partial charge in [-0.2, -0.15) is 13.2 Å². The fourth-order valence-electron chi connectivity index (χ4n) is 2.49. The van der Waals surface area contributed by atoms with Crippen LogP contribution in [-0.2, 0) is 5.54 Å². The van der Waals surface area contributed by atoms with Gasteiger partial charge in [0.05, 0.1) is 18.7 Å². The molecule has 0 heterocycles. The minimum absolute atomic E-state index is 0.00495. The molecule has 118 valence electrons.